The maximum atomic E-state index is 12.4. The Balaban J connectivity index is 1.71. The third-order valence-corrected chi connectivity index (χ3v) is 8.12. The molecule has 9 heteroatoms. The molecule has 3 heterocycles. The van der Waals surface area contributed by atoms with Crippen molar-refractivity contribution in [1.29, 1.82) is 0 Å². The van der Waals surface area contributed by atoms with E-state index in [0.29, 0.717) is 28.9 Å². The Kier molecular flexibility index (Phi) is 4.56. The highest BCUT2D eigenvalue weighted by atomic mass is 35.5. The number of halogens is 1. The van der Waals surface area contributed by atoms with Gasteiger partial charge in [0.2, 0.25) is 0 Å². The third-order valence-electron chi connectivity index (χ3n) is 4.59. The highest BCUT2D eigenvalue weighted by Crippen LogP contribution is 2.43. The van der Waals surface area contributed by atoms with E-state index in [0.717, 1.165) is 6.42 Å². The Morgan fingerprint density at radius 3 is 2.84 bits per heavy atom. The number of nitrogens with zero attached hydrogens (tertiary/aromatic N) is 2. The molecule has 0 radical (unpaired) electrons. The molecule has 3 aliphatic rings. The monoisotopic (exact) mass is 400 g/mol. The van der Waals surface area contributed by atoms with Crippen LogP contribution in [0, 0.1) is 0 Å². The molecule has 0 spiro atoms. The summed E-state index contributed by atoms with van der Waals surface area (Å²) in [6.07, 6.45) is 1.03. The van der Waals surface area contributed by atoms with E-state index in [1.807, 2.05) is 23.1 Å². The molecule has 1 amide bonds. The molecular formula is C16H17ClN2O4S2. The average molecular weight is 401 g/mol. The second-order valence-corrected chi connectivity index (χ2v) is 10.1. The van der Waals surface area contributed by atoms with Crippen LogP contribution in [0.25, 0.3) is 0 Å². The van der Waals surface area contributed by atoms with Crippen molar-refractivity contribution < 1.29 is 17.9 Å². The number of carbonyl (C=O) groups excluding carboxylic acids is 1. The predicted octanol–water partition coefficient (Wildman–Crippen LogP) is 2.12. The van der Waals surface area contributed by atoms with E-state index in [2.05, 4.69) is 4.99 Å². The largest absolute Gasteiger partial charge is 0.368 e. The van der Waals surface area contributed by atoms with Gasteiger partial charge in [-0.2, -0.15) is 4.99 Å². The number of para-hydroxylation sites is 1. The van der Waals surface area contributed by atoms with Crippen LogP contribution in [0.15, 0.2) is 29.3 Å². The van der Waals surface area contributed by atoms with Gasteiger partial charge in [-0.1, -0.05) is 35.5 Å². The van der Waals surface area contributed by atoms with Gasteiger partial charge in [0.25, 0.3) is 5.91 Å². The summed E-state index contributed by atoms with van der Waals surface area (Å²) in [6.45, 7) is 0.576. The van der Waals surface area contributed by atoms with Crippen LogP contribution in [0.5, 0.6) is 0 Å². The van der Waals surface area contributed by atoms with Gasteiger partial charge in [0.1, 0.15) is 6.10 Å². The first-order valence-corrected chi connectivity index (χ1v) is 11.2. The standard InChI is InChI=1S/C16H17ClN2O4S2/c17-10-4-1-2-5-11(10)19-12-8-25(21,22)9-14(12)24-16(19)18-15(20)13-6-3-7-23-13/h1-2,4-5,12-14H,3,6-9H2/t12-,13+,14+/m1/s1. The molecule has 3 aliphatic heterocycles. The van der Waals surface area contributed by atoms with Crippen molar-refractivity contribution >= 4 is 50.0 Å². The first-order valence-electron chi connectivity index (χ1n) is 8.09. The van der Waals surface area contributed by atoms with Crippen molar-refractivity contribution in [3.63, 3.8) is 0 Å². The molecule has 0 aromatic heterocycles. The Bertz CT molecular complexity index is 836. The van der Waals surface area contributed by atoms with Gasteiger partial charge >= 0.3 is 0 Å². The summed E-state index contributed by atoms with van der Waals surface area (Å²) in [5, 5.41) is 0.876. The van der Waals surface area contributed by atoms with E-state index in [-0.39, 0.29) is 28.7 Å². The lowest BCUT2D eigenvalue weighted by Gasteiger charge is -2.25. The minimum Gasteiger partial charge on any atom is -0.368 e. The Hall–Kier alpha value is -1.09. The minimum atomic E-state index is -3.10. The van der Waals surface area contributed by atoms with Crippen LogP contribution in [-0.2, 0) is 19.4 Å². The van der Waals surface area contributed by atoms with Crippen molar-refractivity contribution in [2.45, 2.75) is 30.2 Å². The van der Waals surface area contributed by atoms with E-state index in [4.69, 9.17) is 16.3 Å². The maximum Gasteiger partial charge on any atom is 0.277 e. The fourth-order valence-electron chi connectivity index (χ4n) is 3.43. The van der Waals surface area contributed by atoms with Crippen molar-refractivity contribution in [3.8, 4) is 0 Å². The van der Waals surface area contributed by atoms with Crippen molar-refractivity contribution in [2.75, 3.05) is 23.0 Å². The summed E-state index contributed by atoms with van der Waals surface area (Å²) < 4.78 is 29.5. The molecule has 0 bridgehead atoms. The zero-order chi connectivity index (χ0) is 17.6. The molecule has 6 nitrogen and oxygen atoms in total. The normalized spacial score (nSPS) is 32.3. The molecule has 134 valence electrons. The lowest BCUT2D eigenvalue weighted by molar-refractivity contribution is -0.126. The molecule has 4 rings (SSSR count). The Labute approximate surface area is 155 Å². The summed E-state index contributed by atoms with van der Waals surface area (Å²) in [5.74, 6) is -0.167. The number of amides is 1. The van der Waals surface area contributed by atoms with Crippen molar-refractivity contribution in [1.82, 2.24) is 0 Å². The van der Waals surface area contributed by atoms with Gasteiger partial charge < -0.3 is 9.64 Å². The van der Waals surface area contributed by atoms with E-state index in [1.165, 1.54) is 11.8 Å². The summed E-state index contributed by atoms with van der Waals surface area (Å²) in [5.41, 5.74) is 0.681. The van der Waals surface area contributed by atoms with Crippen LogP contribution in [-0.4, -0.2) is 55.0 Å². The molecule has 3 atom stereocenters. The summed E-state index contributed by atoms with van der Waals surface area (Å²) in [4.78, 5) is 18.5. The number of fused-ring (bicyclic) bond motifs is 1. The van der Waals surface area contributed by atoms with Crippen molar-refractivity contribution in [2.24, 2.45) is 4.99 Å². The molecule has 0 unspecified atom stereocenters. The number of ether oxygens (including phenoxy) is 1. The molecule has 3 saturated heterocycles. The molecule has 25 heavy (non-hydrogen) atoms. The second-order valence-electron chi connectivity index (χ2n) is 6.36. The van der Waals surface area contributed by atoms with Gasteiger partial charge in [-0.05, 0) is 25.0 Å². The number of hydrogen-bond donors (Lipinski definition) is 0. The van der Waals surface area contributed by atoms with Gasteiger partial charge in [-0.3, -0.25) is 4.79 Å². The lowest BCUT2D eigenvalue weighted by atomic mass is 10.2. The van der Waals surface area contributed by atoms with Gasteiger partial charge in [-0.25, -0.2) is 8.42 Å². The second kappa shape index (κ2) is 6.57. The van der Waals surface area contributed by atoms with Crippen molar-refractivity contribution in [3.05, 3.63) is 29.3 Å². The van der Waals surface area contributed by atoms with Gasteiger partial charge in [0, 0.05) is 11.9 Å². The number of rotatable bonds is 2. The van der Waals surface area contributed by atoms with Gasteiger partial charge in [0.15, 0.2) is 15.0 Å². The van der Waals surface area contributed by atoms with Crippen LogP contribution in [0.3, 0.4) is 0 Å². The highest BCUT2D eigenvalue weighted by Gasteiger charge is 2.50. The quantitative estimate of drug-likeness (QED) is 0.756. The molecule has 0 N–H and O–H groups in total. The molecule has 3 fully saturated rings. The number of anilines is 1. The number of hydrogen-bond acceptors (Lipinski definition) is 5. The highest BCUT2D eigenvalue weighted by molar-refractivity contribution is 8.16. The van der Waals surface area contributed by atoms with E-state index in [1.54, 1.807) is 6.07 Å². The number of sulfone groups is 1. The maximum absolute atomic E-state index is 12.4. The molecular weight excluding hydrogens is 384 g/mol. The van der Waals surface area contributed by atoms with E-state index in [9.17, 15) is 13.2 Å². The van der Waals surface area contributed by atoms with Crippen LogP contribution in [0.4, 0.5) is 5.69 Å². The topological polar surface area (TPSA) is 76.0 Å². The van der Waals surface area contributed by atoms with Crippen LogP contribution < -0.4 is 4.90 Å². The van der Waals surface area contributed by atoms with E-state index >= 15 is 0 Å². The first kappa shape index (κ1) is 17.3. The molecule has 0 saturated carbocycles. The SMILES string of the molecule is O=C(N=C1S[C@H]2CS(=O)(=O)C[C@H]2N1c1ccccc1Cl)[C@@H]1CCCO1. The van der Waals surface area contributed by atoms with Crippen LogP contribution >= 0.6 is 23.4 Å². The smallest absolute Gasteiger partial charge is 0.277 e. The summed E-state index contributed by atoms with van der Waals surface area (Å²) >= 11 is 7.67. The van der Waals surface area contributed by atoms with Gasteiger partial charge in [0.05, 0.1) is 28.3 Å². The van der Waals surface area contributed by atoms with E-state index < -0.39 is 15.9 Å². The van der Waals surface area contributed by atoms with Gasteiger partial charge in [-0.15, -0.1) is 0 Å². The number of carbonyl (C=O) groups is 1. The first-order chi connectivity index (χ1) is 11.9. The summed E-state index contributed by atoms with van der Waals surface area (Å²) in [6, 6.07) is 6.96. The third kappa shape index (κ3) is 3.32. The Morgan fingerprint density at radius 2 is 2.12 bits per heavy atom. The Morgan fingerprint density at radius 1 is 1.32 bits per heavy atom. The number of benzene rings is 1. The fourth-order valence-corrected chi connectivity index (χ4v) is 7.57. The zero-order valence-corrected chi connectivity index (χ0v) is 15.7. The molecule has 1 aromatic carbocycles. The van der Waals surface area contributed by atoms with Crippen LogP contribution in [0.2, 0.25) is 5.02 Å². The minimum absolute atomic E-state index is 0.0447. The number of amidine groups is 1. The molecule has 1 aromatic rings. The lowest BCUT2D eigenvalue weighted by Crippen LogP contribution is -2.38. The molecule has 0 aliphatic carbocycles. The summed E-state index contributed by atoms with van der Waals surface area (Å²) in [7, 11) is -3.10. The predicted molar refractivity (Wildman–Crippen MR) is 99.2 cm³/mol. The number of aliphatic imine (C=N–C) groups is 1. The zero-order valence-electron chi connectivity index (χ0n) is 13.3. The van der Waals surface area contributed by atoms with Crippen LogP contribution in [0.1, 0.15) is 12.8 Å². The average Bonchev–Trinajstić information content (AvgIpc) is 3.23. The fraction of sp³-hybridized carbons (Fsp3) is 0.500. The number of thioether (sulfide) groups is 1.